The SMILES string of the molecule is c1ccc(N2c3cccc4c3B(c3oc5ccccc5c32)c2c3c5ccncc5n(-c5ccccc5)c3cc3c5ccccc5n-4c23)cc1. The van der Waals surface area contributed by atoms with Crippen molar-refractivity contribution in [3.8, 4) is 11.4 Å². The molecule has 0 saturated heterocycles. The van der Waals surface area contributed by atoms with Crippen molar-refractivity contribution in [3.63, 3.8) is 0 Å². The average molecular weight is 625 g/mol. The van der Waals surface area contributed by atoms with Gasteiger partial charge in [0, 0.05) is 55.9 Å². The van der Waals surface area contributed by atoms with E-state index in [1.807, 2.05) is 12.4 Å². The van der Waals surface area contributed by atoms with E-state index in [1.165, 1.54) is 60.4 Å². The maximum atomic E-state index is 7.09. The van der Waals surface area contributed by atoms with Crippen molar-refractivity contribution in [2.24, 2.45) is 0 Å². The van der Waals surface area contributed by atoms with E-state index in [0.717, 1.165) is 39.2 Å². The molecule has 226 valence electrons. The molecule has 12 rings (SSSR count). The fourth-order valence-corrected chi connectivity index (χ4v) is 8.97. The minimum Gasteiger partial charge on any atom is -0.468 e. The van der Waals surface area contributed by atoms with Crippen molar-refractivity contribution in [2.45, 2.75) is 0 Å². The molecule has 49 heavy (non-hydrogen) atoms. The summed E-state index contributed by atoms with van der Waals surface area (Å²) in [6.07, 6.45) is 3.94. The van der Waals surface area contributed by atoms with Gasteiger partial charge in [-0.1, -0.05) is 72.8 Å². The second-order valence-electron chi connectivity index (χ2n) is 13.1. The van der Waals surface area contributed by atoms with E-state index in [2.05, 4.69) is 159 Å². The van der Waals surface area contributed by atoms with Crippen LogP contribution in [-0.4, -0.2) is 20.8 Å². The van der Waals surface area contributed by atoms with Crippen LogP contribution in [0.5, 0.6) is 0 Å². The Labute approximate surface area is 280 Å². The van der Waals surface area contributed by atoms with E-state index < -0.39 is 0 Å². The summed E-state index contributed by atoms with van der Waals surface area (Å²) in [5, 5.41) is 6.02. The summed E-state index contributed by atoms with van der Waals surface area (Å²) in [6, 6.07) is 50.1. The molecular formula is C43H25BN4O. The van der Waals surface area contributed by atoms with E-state index >= 15 is 0 Å². The highest BCUT2D eigenvalue weighted by Gasteiger charge is 2.46. The maximum Gasteiger partial charge on any atom is 0.297 e. The standard InChI is InChI=1S/C43H25BN4O/c1-3-12-26(13-4-1)46-35-24-31-28-16-7-9-18-32(28)48-34-20-11-19-33-39(34)44(40(41(31)48)38(35)29-22-23-45-25-36(29)46)43-42(30-17-8-10-21-37(30)49-43)47(33)27-14-5-2-6-15-27/h1-25H. The van der Waals surface area contributed by atoms with E-state index in [0.29, 0.717) is 0 Å². The third kappa shape index (κ3) is 3.10. The first-order chi connectivity index (χ1) is 24.4. The van der Waals surface area contributed by atoms with Gasteiger partial charge >= 0.3 is 0 Å². The molecule has 0 aliphatic carbocycles. The lowest BCUT2D eigenvalue weighted by Crippen LogP contribution is -2.60. The molecule has 6 aromatic carbocycles. The Hall–Kier alpha value is -6.53. The lowest BCUT2D eigenvalue weighted by Gasteiger charge is -2.38. The van der Waals surface area contributed by atoms with Gasteiger partial charge in [0.2, 0.25) is 0 Å². The predicted octanol–water partition coefficient (Wildman–Crippen LogP) is 8.63. The highest BCUT2D eigenvalue weighted by Crippen LogP contribution is 2.46. The van der Waals surface area contributed by atoms with Crippen LogP contribution in [0, 0.1) is 0 Å². The predicted molar refractivity (Wildman–Crippen MR) is 202 cm³/mol. The van der Waals surface area contributed by atoms with E-state index in [-0.39, 0.29) is 6.71 Å². The number of benzene rings is 6. The Morgan fingerprint density at radius 2 is 1.27 bits per heavy atom. The van der Waals surface area contributed by atoms with Gasteiger partial charge in [-0.3, -0.25) is 4.98 Å². The van der Waals surface area contributed by atoms with Crippen LogP contribution in [0.2, 0.25) is 0 Å². The van der Waals surface area contributed by atoms with Crippen molar-refractivity contribution in [1.82, 2.24) is 14.1 Å². The fourth-order valence-electron chi connectivity index (χ4n) is 8.97. The number of fused-ring (bicyclic) bond motifs is 13. The Morgan fingerprint density at radius 3 is 2.12 bits per heavy atom. The van der Waals surface area contributed by atoms with Crippen molar-refractivity contribution >= 4 is 94.9 Å². The van der Waals surface area contributed by atoms with Gasteiger partial charge in [0.05, 0.1) is 39.6 Å². The molecule has 0 saturated carbocycles. The molecule has 10 aromatic rings. The Morgan fingerprint density at radius 1 is 0.531 bits per heavy atom. The number of pyridine rings is 1. The zero-order valence-electron chi connectivity index (χ0n) is 26.2. The number of aromatic nitrogens is 3. The summed E-state index contributed by atoms with van der Waals surface area (Å²) in [6.45, 7) is -0.139. The zero-order chi connectivity index (χ0) is 31.8. The number of hydrogen-bond donors (Lipinski definition) is 0. The highest BCUT2D eigenvalue weighted by molar-refractivity contribution is 7.01. The Kier molecular flexibility index (Phi) is 4.74. The van der Waals surface area contributed by atoms with Gasteiger partial charge < -0.3 is 18.5 Å². The number of rotatable bonds is 2. The molecule has 5 nitrogen and oxygen atoms in total. The second-order valence-corrected chi connectivity index (χ2v) is 13.1. The van der Waals surface area contributed by atoms with E-state index in [4.69, 9.17) is 4.42 Å². The number of nitrogens with zero attached hydrogens (tertiary/aromatic N) is 4. The first-order valence-electron chi connectivity index (χ1n) is 16.8. The lowest BCUT2D eigenvalue weighted by atomic mass is 9.35. The van der Waals surface area contributed by atoms with Gasteiger partial charge in [-0.15, -0.1) is 0 Å². The minimum atomic E-state index is -0.139. The Bertz CT molecular complexity index is 3010. The molecule has 0 bridgehead atoms. The second kappa shape index (κ2) is 9.09. The average Bonchev–Trinajstić information content (AvgIpc) is 3.82. The summed E-state index contributed by atoms with van der Waals surface area (Å²) in [5.74, 6) is 0. The minimum absolute atomic E-state index is 0.139. The largest absolute Gasteiger partial charge is 0.468 e. The molecule has 4 aromatic heterocycles. The van der Waals surface area contributed by atoms with Crippen molar-refractivity contribution < 1.29 is 4.42 Å². The van der Waals surface area contributed by atoms with Crippen LogP contribution in [0.1, 0.15) is 0 Å². The van der Waals surface area contributed by atoms with Crippen LogP contribution >= 0.6 is 0 Å². The topological polar surface area (TPSA) is 39.1 Å². The molecule has 0 spiro atoms. The number of furan rings is 1. The van der Waals surface area contributed by atoms with Gasteiger partial charge in [0.1, 0.15) is 5.58 Å². The summed E-state index contributed by atoms with van der Waals surface area (Å²) < 4.78 is 12.0. The van der Waals surface area contributed by atoms with Crippen LogP contribution < -0.4 is 21.5 Å². The van der Waals surface area contributed by atoms with Crippen LogP contribution in [-0.2, 0) is 0 Å². The molecular weight excluding hydrogens is 599 g/mol. The zero-order valence-corrected chi connectivity index (χ0v) is 26.2. The Balaban J connectivity index is 1.35. The summed E-state index contributed by atoms with van der Waals surface area (Å²) in [5.41, 5.74) is 14.8. The summed E-state index contributed by atoms with van der Waals surface area (Å²) >= 11 is 0. The number of hydrogen-bond acceptors (Lipinski definition) is 3. The van der Waals surface area contributed by atoms with Crippen LogP contribution in [0.15, 0.2) is 156 Å². The first kappa shape index (κ1) is 25.6. The quantitative estimate of drug-likeness (QED) is 0.181. The third-order valence-corrected chi connectivity index (χ3v) is 10.8. The van der Waals surface area contributed by atoms with Crippen LogP contribution in [0.25, 0.3) is 66.0 Å². The monoisotopic (exact) mass is 624 g/mol. The molecule has 0 N–H and O–H groups in total. The van der Waals surface area contributed by atoms with Gasteiger partial charge in [-0.2, -0.15) is 0 Å². The van der Waals surface area contributed by atoms with Gasteiger partial charge in [-0.05, 0) is 77.7 Å². The summed E-state index contributed by atoms with van der Waals surface area (Å²) in [4.78, 5) is 7.06. The van der Waals surface area contributed by atoms with E-state index in [1.54, 1.807) is 0 Å². The fraction of sp³-hybridized carbons (Fsp3) is 0. The summed E-state index contributed by atoms with van der Waals surface area (Å²) in [7, 11) is 0. The third-order valence-electron chi connectivity index (χ3n) is 10.8. The smallest absolute Gasteiger partial charge is 0.297 e. The molecule has 2 aliphatic rings. The van der Waals surface area contributed by atoms with Gasteiger partial charge in [0.25, 0.3) is 6.71 Å². The van der Waals surface area contributed by atoms with Crippen molar-refractivity contribution in [2.75, 3.05) is 4.90 Å². The first-order valence-corrected chi connectivity index (χ1v) is 16.8. The van der Waals surface area contributed by atoms with Crippen LogP contribution in [0.3, 0.4) is 0 Å². The number of anilines is 3. The normalized spacial score (nSPS) is 13.2. The van der Waals surface area contributed by atoms with E-state index in [9.17, 15) is 0 Å². The lowest BCUT2D eigenvalue weighted by molar-refractivity contribution is 0.651. The van der Waals surface area contributed by atoms with Crippen molar-refractivity contribution in [3.05, 3.63) is 152 Å². The molecule has 6 heteroatoms. The number of para-hydroxylation sites is 4. The van der Waals surface area contributed by atoms with Gasteiger partial charge in [-0.25, -0.2) is 0 Å². The molecule has 0 radical (unpaired) electrons. The van der Waals surface area contributed by atoms with Crippen molar-refractivity contribution in [1.29, 1.82) is 0 Å². The molecule has 2 aliphatic heterocycles. The molecule has 0 amide bonds. The van der Waals surface area contributed by atoms with Gasteiger partial charge in [0.15, 0.2) is 0 Å². The van der Waals surface area contributed by atoms with Crippen LogP contribution in [0.4, 0.5) is 17.1 Å². The highest BCUT2D eigenvalue weighted by atomic mass is 16.3. The molecule has 6 heterocycles. The maximum absolute atomic E-state index is 7.09. The molecule has 0 atom stereocenters. The molecule has 0 fully saturated rings. The molecule has 0 unspecified atom stereocenters.